The Morgan fingerprint density at radius 2 is 2.12 bits per heavy atom. The van der Waals surface area contributed by atoms with Crippen LogP contribution in [0.5, 0.6) is 5.75 Å². The predicted octanol–water partition coefficient (Wildman–Crippen LogP) is 2.65. The van der Waals surface area contributed by atoms with Crippen molar-refractivity contribution in [1.29, 1.82) is 0 Å². The van der Waals surface area contributed by atoms with Crippen molar-refractivity contribution in [3.8, 4) is 5.75 Å². The van der Waals surface area contributed by atoms with E-state index in [4.69, 9.17) is 15.2 Å². The van der Waals surface area contributed by atoms with Crippen LogP contribution in [0.3, 0.4) is 0 Å². The van der Waals surface area contributed by atoms with Crippen molar-refractivity contribution in [2.75, 3.05) is 13.7 Å². The second-order valence-electron chi connectivity index (χ2n) is 4.62. The molecule has 0 saturated heterocycles. The average Bonchev–Trinajstić information content (AvgIpc) is 2.89. The summed E-state index contributed by atoms with van der Waals surface area (Å²) in [5, 5.41) is 0. The van der Waals surface area contributed by atoms with Crippen molar-refractivity contribution in [2.45, 2.75) is 37.8 Å². The zero-order valence-corrected chi connectivity index (χ0v) is 10.4. The quantitative estimate of drug-likeness (QED) is 0.853. The molecule has 0 radical (unpaired) electrons. The van der Waals surface area contributed by atoms with Crippen LogP contribution in [0.1, 0.15) is 37.3 Å². The maximum Gasteiger partial charge on any atom is 0.119 e. The van der Waals surface area contributed by atoms with Crippen LogP contribution in [0.15, 0.2) is 24.3 Å². The zero-order valence-electron chi connectivity index (χ0n) is 10.4. The van der Waals surface area contributed by atoms with Crippen LogP contribution in [0.25, 0.3) is 0 Å². The van der Waals surface area contributed by atoms with E-state index in [0.29, 0.717) is 12.7 Å². The number of benzene rings is 1. The molecule has 0 bridgehead atoms. The molecule has 1 unspecified atom stereocenters. The molecule has 0 amide bonds. The average molecular weight is 235 g/mol. The fraction of sp³-hybridized carbons (Fsp3) is 0.571. The minimum Gasteiger partial charge on any atom is -0.497 e. The summed E-state index contributed by atoms with van der Waals surface area (Å²) in [4.78, 5) is 0. The molecule has 1 aromatic carbocycles. The van der Waals surface area contributed by atoms with E-state index in [1.54, 1.807) is 7.11 Å². The van der Waals surface area contributed by atoms with Crippen molar-refractivity contribution in [2.24, 2.45) is 5.73 Å². The van der Waals surface area contributed by atoms with Gasteiger partial charge >= 0.3 is 0 Å². The van der Waals surface area contributed by atoms with Gasteiger partial charge in [-0.1, -0.05) is 25.0 Å². The molecule has 1 aliphatic rings. The fourth-order valence-corrected chi connectivity index (χ4v) is 2.26. The number of rotatable bonds is 5. The summed E-state index contributed by atoms with van der Waals surface area (Å²) in [5.41, 5.74) is 7.19. The Balaban J connectivity index is 1.87. The van der Waals surface area contributed by atoms with Crippen LogP contribution < -0.4 is 10.5 Å². The molecule has 17 heavy (non-hydrogen) atoms. The number of methoxy groups -OCH3 is 1. The largest absolute Gasteiger partial charge is 0.497 e. The molecule has 94 valence electrons. The predicted molar refractivity (Wildman–Crippen MR) is 68.1 cm³/mol. The molecule has 0 aromatic heterocycles. The van der Waals surface area contributed by atoms with E-state index >= 15 is 0 Å². The first-order valence-corrected chi connectivity index (χ1v) is 6.30. The Morgan fingerprint density at radius 1 is 1.35 bits per heavy atom. The molecule has 3 heteroatoms. The Kier molecular flexibility index (Phi) is 4.40. The van der Waals surface area contributed by atoms with E-state index in [0.717, 1.165) is 11.3 Å². The van der Waals surface area contributed by atoms with Crippen LogP contribution in [0.4, 0.5) is 0 Å². The van der Waals surface area contributed by atoms with Gasteiger partial charge in [-0.2, -0.15) is 0 Å². The van der Waals surface area contributed by atoms with E-state index in [9.17, 15) is 0 Å². The second-order valence-corrected chi connectivity index (χ2v) is 4.62. The van der Waals surface area contributed by atoms with Crippen molar-refractivity contribution in [3.63, 3.8) is 0 Å². The number of hydrogen-bond donors (Lipinski definition) is 1. The molecule has 1 aromatic rings. The molecule has 2 N–H and O–H groups in total. The molecular formula is C14H21NO2. The summed E-state index contributed by atoms with van der Waals surface area (Å²) in [5.74, 6) is 0.846. The molecule has 0 aliphatic heterocycles. The minimum absolute atomic E-state index is 0.0642. The molecule has 3 nitrogen and oxygen atoms in total. The van der Waals surface area contributed by atoms with Crippen molar-refractivity contribution in [1.82, 2.24) is 0 Å². The van der Waals surface area contributed by atoms with Gasteiger partial charge in [0.2, 0.25) is 0 Å². The van der Waals surface area contributed by atoms with Crippen molar-refractivity contribution >= 4 is 0 Å². The number of ether oxygens (including phenoxy) is 2. The van der Waals surface area contributed by atoms with Gasteiger partial charge in [-0.25, -0.2) is 0 Å². The normalized spacial score (nSPS) is 18.2. The lowest BCUT2D eigenvalue weighted by Crippen LogP contribution is -2.20. The lowest BCUT2D eigenvalue weighted by atomic mass is 10.1. The van der Waals surface area contributed by atoms with Gasteiger partial charge in [-0.3, -0.25) is 0 Å². The lowest BCUT2D eigenvalue weighted by molar-refractivity contribution is 0.0489. The molecule has 0 spiro atoms. The van der Waals surface area contributed by atoms with Gasteiger partial charge in [0.1, 0.15) is 5.75 Å². The molecule has 0 heterocycles. The van der Waals surface area contributed by atoms with Crippen LogP contribution >= 0.6 is 0 Å². The van der Waals surface area contributed by atoms with Crippen LogP contribution in [-0.2, 0) is 4.74 Å². The van der Waals surface area contributed by atoms with E-state index in [1.165, 1.54) is 25.7 Å². The van der Waals surface area contributed by atoms with E-state index < -0.39 is 0 Å². The molecule has 1 atom stereocenters. The standard InChI is InChI=1S/C14H21NO2/c1-16-13-8-4-5-11(9-13)14(15)10-17-12-6-2-3-7-12/h4-5,8-9,12,14H,2-3,6-7,10,15H2,1H3. The highest BCUT2D eigenvalue weighted by Gasteiger charge is 2.17. The summed E-state index contributed by atoms with van der Waals surface area (Å²) in [6.07, 6.45) is 5.38. The fourth-order valence-electron chi connectivity index (χ4n) is 2.26. The highest BCUT2D eigenvalue weighted by atomic mass is 16.5. The first-order chi connectivity index (χ1) is 8.29. The summed E-state index contributed by atoms with van der Waals surface area (Å²) in [6.45, 7) is 0.595. The van der Waals surface area contributed by atoms with E-state index in [-0.39, 0.29) is 6.04 Å². The highest BCUT2D eigenvalue weighted by Crippen LogP contribution is 2.23. The summed E-state index contributed by atoms with van der Waals surface area (Å²) < 4.78 is 11.0. The van der Waals surface area contributed by atoms with Gasteiger partial charge in [0.15, 0.2) is 0 Å². The summed E-state index contributed by atoms with van der Waals surface area (Å²) in [6, 6.07) is 7.82. The van der Waals surface area contributed by atoms with E-state index in [1.807, 2.05) is 24.3 Å². The van der Waals surface area contributed by atoms with Gasteiger partial charge in [-0.15, -0.1) is 0 Å². The van der Waals surface area contributed by atoms with Gasteiger partial charge in [0.25, 0.3) is 0 Å². The lowest BCUT2D eigenvalue weighted by Gasteiger charge is -2.17. The second kappa shape index (κ2) is 6.03. The minimum atomic E-state index is -0.0642. The Hall–Kier alpha value is -1.06. The first kappa shape index (κ1) is 12.4. The van der Waals surface area contributed by atoms with Crippen LogP contribution in [0.2, 0.25) is 0 Å². The number of hydrogen-bond acceptors (Lipinski definition) is 3. The molecular weight excluding hydrogens is 214 g/mol. The van der Waals surface area contributed by atoms with Crippen LogP contribution in [0, 0.1) is 0 Å². The third-order valence-electron chi connectivity index (χ3n) is 3.34. The van der Waals surface area contributed by atoms with Gasteiger partial charge in [0.05, 0.1) is 25.9 Å². The molecule has 1 saturated carbocycles. The maximum atomic E-state index is 6.12. The van der Waals surface area contributed by atoms with Gasteiger partial charge in [-0.05, 0) is 30.5 Å². The SMILES string of the molecule is COc1cccc(C(N)COC2CCCC2)c1. The Morgan fingerprint density at radius 3 is 2.82 bits per heavy atom. The highest BCUT2D eigenvalue weighted by molar-refractivity contribution is 5.30. The molecule has 1 aliphatic carbocycles. The van der Waals surface area contributed by atoms with Crippen LogP contribution in [-0.4, -0.2) is 19.8 Å². The molecule has 1 fully saturated rings. The molecule has 2 rings (SSSR count). The van der Waals surface area contributed by atoms with Gasteiger partial charge < -0.3 is 15.2 Å². The van der Waals surface area contributed by atoms with Gasteiger partial charge in [0, 0.05) is 0 Å². The van der Waals surface area contributed by atoms with Crippen molar-refractivity contribution in [3.05, 3.63) is 29.8 Å². The topological polar surface area (TPSA) is 44.5 Å². The first-order valence-electron chi connectivity index (χ1n) is 6.30. The third kappa shape index (κ3) is 3.45. The summed E-state index contributed by atoms with van der Waals surface area (Å²) >= 11 is 0. The maximum absolute atomic E-state index is 6.12. The Bertz CT molecular complexity index is 348. The van der Waals surface area contributed by atoms with Crippen molar-refractivity contribution < 1.29 is 9.47 Å². The Labute approximate surface area is 103 Å². The van der Waals surface area contributed by atoms with E-state index in [2.05, 4.69) is 0 Å². The monoisotopic (exact) mass is 235 g/mol. The smallest absolute Gasteiger partial charge is 0.119 e. The zero-order chi connectivity index (χ0) is 12.1. The summed E-state index contributed by atoms with van der Waals surface area (Å²) in [7, 11) is 1.67. The third-order valence-corrected chi connectivity index (χ3v) is 3.34. The number of nitrogens with two attached hydrogens (primary N) is 1.